The number of carbonyl (C=O) groups is 1. The number of hydrogen-bond donors (Lipinski definition) is 0. The standard InChI is InChI=1S/C21H25N3O3/c1-26-20-9-5-8-17(22-20)13-23-14-18-19(15-23)27-11-10-21(25)24(18)12-16-6-3-2-4-7-16/h2-9,18-19H,10-15H2,1H3/t18-,19-/m0/s1. The van der Waals surface area contributed by atoms with Gasteiger partial charge in [-0.2, -0.15) is 0 Å². The lowest BCUT2D eigenvalue weighted by molar-refractivity contribution is -0.133. The maximum absolute atomic E-state index is 12.7. The second-order valence-electron chi connectivity index (χ2n) is 7.10. The van der Waals surface area contributed by atoms with Crippen LogP contribution in [0.2, 0.25) is 0 Å². The maximum atomic E-state index is 12.7. The Hall–Kier alpha value is -2.44. The molecule has 1 aromatic heterocycles. The van der Waals surface area contributed by atoms with Crippen LogP contribution < -0.4 is 4.74 Å². The summed E-state index contributed by atoms with van der Waals surface area (Å²) < 4.78 is 11.2. The van der Waals surface area contributed by atoms with Crippen LogP contribution in [0, 0.1) is 0 Å². The van der Waals surface area contributed by atoms with E-state index in [2.05, 4.69) is 22.0 Å². The summed E-state index contributed by atoms with van der Waals surface area (Å²) in [5.74, 6) is 0.797. The number of methoxy groups -OCH3 is 1. The highest BCUT2D eigenvalue weighted by Crippen LogP contribution is 2.26. The number of ether oxygens (including phenoxy) is 2. The minimum Gasteiger partial charge on any atom is -0.481 e. The smallest absolute Gasteiger partial charge is 0.225 e. The highest BCUT2D eigenvalue weighted by atomic mass is 16.5. The lowest BCUT2D eigenvalue weighted by Crippen LogP contribution is -2.45. The van der Waals surface area contributed by atoms with Crippen LogP contribution >= 0.6 is 0 Å². The molecule has 142 valence electrons. The molecule has 6 heteroatoms. The molecule has 2 atom stereocenters. The average Bonchev–Trinajstić information content (AvgIpc) is 3.03. The zero-order valence-corrected chi connectivity index (χ0v) is 15.6. The summed E-state index contributed by atoms with van der Waals surface area (Å²) >= 11 is 0. The number of hydrogen-bond acceptors (Lipinski definition) is 5. The van der Waals surface area contributed by atoms with Gasteiger partial charge in [-0.15, -0.1) is 0 Å². The average molecular weight is 367 g/mol. The van der Waals surface area contributed by atoms with Crippen LogP contribution in [0.1, 0.15) is 17.7 Å². The van der Waals surface area contributed by atoms with Crippen molar-refractivity contribution in [3.05, 3.63) is 59.8 Å². The molecule has 2 aliphatic rings. The van der Waals surface area contributed by atoms with Crippen LogP contribution in [0.15, 0.2) is 48.5 Å². The van der Waals surface area contributed by atoms with E-state index in [0.29, 0.717) is 25.5 Å². The van der Waals surface area contributed by atoms with Crippen molar-refractivity contribution >= 4 is 5.91 Å². The van der Waals surface area contributed by atoms with Crippen molar-refractivity contribution in [1.29, 1.82) is 0 Å². The molecule has 1 aromatic carbocycles. The van der Waals surface area contributed by atoms with Crippen molar-refractivity contribution < 1.29 is 14.3 Å². The normalized spacial score (nSPS) is 23.1. The molecular formula is C21H25N3O3. The van der Waals surface area contributed by atoms with E-state index >= 15 is 0 Å². The Bertz CT molecular complexity index is 783. The fourth-order valence-corrected chi connectivity index (χ4v) is 3.93. The van der Waals surface area contributed by atoms with E-state index in [9.17, 15) is 4.79 Å². The molecule has 2 aromatic rings. The molecule has 2 saturated heterocycles. The Morgan fingerprint density at radius 3 is 2.78 bits per heavy atom. The zero-order chi connectivity index (χ0) is 18.6. The van der Waals surface area contributed by atoms with E-state index in [1.807, 2.05) is 41.3 Å². The molecule has 4 rings (SSSR count). The largest absolute Gasteiger partial charge is 0.481 e. The Labute approximate surface area is 159 Å². The second-order valence-corrected chi connectivity index (χ2v) is 7.10. The molecule has 27 heavy (non-hydrogen) atoms. The fourth-order valence-electron chi connectivity index (χ4n) is 3.93. The predicted octanol–water partition coefficient (Wildman–Crippen LogP) is 2.09. The quantitative estimate of drug-likeness (QED) is 0.810. The fraction of sp³-hybridized carbons (Fsp3) is 0.429. The molecule has 0 saturated carbocycles. The van der Waals surface area contributed by atoms with Gasteiger partial charge in [0.25, 0.3) is 0 Å². The van der Waals surface area contributed by atoms with Crippen molar-refractivity contribution in [3.8, 4) is 5.88 Å². The van der Waals surface area contributed by atoms with Gasteiger partial charge in [0.1, 0.15) is 0 Å². The molecule has 0 radical (unpaired) electrons. The molecule has 1 amide bonds. The van der Waals surface area contributed by atoms with Gasteiger partial charge >= 0.3 is 0 Å². The monoisotopic (exact) mass is 367 g/mol. The van der Waals surface area contributed by atoms with Gasteiger partial charge in [0, 0.05) is 32.2 Å². The van der Waals surface area contributed by atoms with Gasteiger partial charge in [0.05, 0.1) is 38.0 Å². The Kier molecular flexibility index (Phi) is 5.36. The summed E-state index contributed by atoms with van der Waals surface area (Å²) in [6.45, 7) is 3.46. The summed E-state index contributed by atoms with van der Waals surface area (Å²) in [6.07, 6.45) is 0.503. The number of aromatic nitrogens is 1. The van der Waals surface area contributed by atoms with Crippen molar-refractivity contribution in [1.82, 2.24) is 14.8 Å². The van der Waals surface area contributed by atoms with Crippen LogP contribution in [0.25, 0.3) is 0 Å². The molecule has 3 heterocycles. The molecule has 0 spiro atoms. The number of benzene rings is 1. The summed E-state index contributed by atoms with van der Waals surface area (Å²) in [4.78, 5) is 21.5. The van der Waals surface area contributed by atoms with Crippen molar-refractivity contribution in [3.63, 3.8) is 0 Å². The van der Waals surface area contributed by atoms with Crippen molar-refractivity contribution in [2.45, 2.75) is 31.7 Å². The molecule has 2 aliphatic heterocycles. The van der Waals surface area contributed by atoms with Gasteiger partial charge in [0.15, 0.2) is 0 Å². The molecular weight excluding hydrogens is 342 g/mol. The topological polar surface area (TPSA) is 54.9 Å². The van der Waals surface area contributed by atoms with E-state index in [1.54, 1.807) is 7.11 Å². The minimum absolute atomic E-state index is 0.0470. The highest BCUT2D eigenvalue weighted by molar-refractivity contribution is 5.77. The molecule has 0 aliphatic carbocycles. The number of fused-ring (bicyclic) bond motifs is 1. The third kappa shape index (κ3) is 4.12. The molecule has 0 bridgehead atoms. The van der Waals surface area contributed by atoms with Crippen molar-refractivity contribution in [2.24, 2.45) is 0 Å². The van der Waals surface area contributed by atoms with E-state index in [-0.39, 0.29) is 18.1 Å². The van der Waals surface area contributed by atoms with Crippen LogP contribution in [-0.2, 0) is 22.6 Å². The van der Waals surface area contributed by atoms with E-state index in [4.69, 9.17) is 9.47 Å². The molecule has 2 fully saturated rings. The number of rotatable bonds is 5. The van der Waals surface area contributed by atoms with Gasteiger partial charge in [-0.3, -0.25) is 9.69 Å². The van der Waals surface area contributed by atoms with E-state index < -0.39 is 0 Å². The Morgan fingerprint density at radius 2 is 1.96 bits per heavy atom. The first-order chi connectivity index (χ1) is 13.2. The zero-order valence-electron chi connectivity index (χ0n) is 15.6. The predicted molar refractivity (Wildman–Crippen MR) is 101 cm³/mol. The number of carbonyl (C=O) groups excluding carboxylic acids is 1. The maximum Gasteiger partial charge on any atom is 0.225 e. The number of amides is 1. The van der Waals surface area contributed by atoms with E-state index in [1.165, 1.54) is 0 Å². The highest BCUT2D eigenvalue weighted by Gasteiger charge is 2.41. The lowest BCUT2D eigenvalue weighted by atomic mass is 10.1. The SMILES string of the molecule is COc1cccc(CN2C[C@@H]3OCCC(=O)N(Cc4ccccc4)[C@H]3C2)n1. The first kappa shape index (κ1) is 17.9. The summed E-state index contributed by atoms with van der Waals surface area (Å²) in [6, 6.07) is 16.1. The third-order valence-corrected chi connectivity index (χ3v) is 5.25. The van der Waals surface area contributed by atoms with Crippen LogP contribution in [0.5, 0.6) is 5.88 Å². The molecule has 6 nitrogen and oxygen atoms in total. The Balaban J connectivity index is 1.48. The lowest BCUT2D eigenvalue weighted by Gasteiger charge is -2.30. The van der Waals surface area contributed by atoms with Crippen LogP contribution in [0.4, 0.5) is 0 Å². The third-order valence-electron chi connectivity index (χ3n) is 5.25. The van der Waals surface area contributed by atoms with Gasteiger partial charge in [-0.1, -0.05) is 36.4 Å². The van der Waals surface area contributed by atoms with Crippen molar-refractivity contribution in [2.75, 3.05) is 26.8 Å². The second kappa shape index (κ2) is 8.06. The molecule has 0 N–H and O–H groups in total. The molecule has 0 unspecified atom stereocenters. The van der Waals surface area contributed by atoms with Gasteiger partial charge < -0.3 is 14.4 Å². The van der Waals surface area contributed by atoms with Gasteiger partial charge in [-0.05, 0) is 11.6 Å². The number of pyridine rings is 1. The summed E-state index contributed by atoms with van der Waals surface area (Å²) in [5.41, 5.74) is 2.12. The number of nitrogens with zero attached hydrogens (tertiary/aromatic N) is 3. The van der Waals surface area contributed by atoms with Crippen LogP contribution in [0.3, 0.4) is 0 Å². The summed E-state index contributed by atoms with van der Waals surface area (Å²) in [7, 11) is 1.63. The minimum atomic E-state index is 0.0470. The van der Waals surface area contributed by atoms with Gasteiger partial charge in [0.2, 0.25) is 11.8 Å². The van der Waals surface area contributed by atoms with E-state index in [0.717, 1.165) is 30.9 Å². The summed E-state index contributed by atoms with van der Waals surface area (Å²) in [5, 5.41) is 0. The van der Waals surface area contributed by atoms with Gasteiger partial charge in [-0.25, -0.2) is 4.98 Å². The number of likely N-dealkylation sites (tertiary alicyclic amines) is 1. The van der Waals surface area contributed by atoms with Crippen LogP contribution in [-0.4, -0.2) is 59.6 Å². The first-order valence-electron chi connectivity index (χ1n) is 9.40. The Morgan fingerprint density at radius 1 is 1.11 bits per heavy atom. The first-order valence-corrected chi connectivity index (χ1v) is 9.40.